The summed E-state index contributed by atoms with van der Waals surface area (Å²) in [5, 5.41) is 12.6. The number of aromatic nitrogens is 3. The van der Waals surface area contributed by atoms with Gasteiger partial charge in [-0.2, -0.15) is 0 Å². The second kappa shape index (κ2) is 5.77. The van der Waals surface area contributed by atoms with Gasteiger partial charge in [0, 0.05) is 18.8 Å². The Kier molecular flexibility index (Phi) is 4.31. The summed E-state index contributed by atoms with van der Waals surface area (Å²) in [6.07, 6.45) is 5.44. The predicted molar refractivity (Wildman–Crippen MR) is 73.2 cm³/mol. The molecule has 0 fully saturated rings. The maximum absolute atomic E-state index is 9.28. The second-order valence-electron chi connectivity index (χ2n) is 4.60. The van der Waals surface area contributed by atoms with Crippen molar-refractivity contribution in [1.82, 2.24) is 19.7 Å². The fourth-order valence-electron chi connectivity index (χ4n) is 1.79. The first-order chi connectivity index (χ1) is 8.61. The van der Waals surface area contributed by atoms with Crippen LogP contribution in [0.2, 0.25) is 0 Å². The average Bonchev–Trinajstić information content (AvgIpc) is 2.72. The van der Waals surface area contributed by atoms with Crippen LogP contribution < -0.4 is 5.32 Å². The van der Waals surface area contributed by atoms with Gasteiger partial charge in [-0.05, 0) is 21.8 Å². The highest BCUT2D eigenvalue weighted by Crippen LogP contribution is 2.11. The topological polar surface area (TPSA) is 62.5 Å². The normalized spacial score (nSPS) is 13.4. The number of aliphatic hydroxyl groups excluding tert-OH is 1. The van der Waals surface area contributed by atoms with E-state index in [-0.39, 0.29) is 12.6 Å². The summed E-state index contributed by atoms with van der Waals surface area (Å²) in [7, 11) is 0. The van der Waals surface area contributed by atoms with E-state index in [1.807, 2.05) is 16.8 Å². The van der Waals surface area contributed by atoms with Crippen molar-refractivity contribution in [3.05, 3.63) is 28.9 Å². The summed E-state index contributed by atoms with van der Waals surface area (Å²) < 4.78 is 2.76. The third-order valence-corrected chi connectivity index (χ3v) is 3.40. The molecule has 0 aliphatic carbocycles. The van der Waals surface area contributed by atoms with Crippen molar-refractivity contribution < 1.29 is 5.11 Å². The molecular weight excluding hydrogens is 296 g/mol. The molecule has 0 aliphatic heterocycles. The van der Waals surface area contributed by atoms with Crippen molar-refractivity contribution in [2.75, 3.05) is 6.61 Å². The smallest absolute Gasteiger partial charge is 0.155 e. The molecule has 0 spiro atoms. The Morgan fingerprint density at radius 2 is 2.17 bits per heavy atom. The van der Waals surface area contributed by atoms with Crippen molar-refractivity contribution in [2.24, 2.45) is 5.92 Å². The Morgan fingerprint density at radius 1 is 1.39 bits per heavy atom. The first-order valence-electron chi connectivity index (χ1n) is 5.93. The molecule has 5 nitrogen and oxygen atoms in total. The molecule has 1 atom stereocenters. The minimum Gasteiger partial charge on any atom is -0.395 e. The molecule has 98 valence electrons. The van der Waals surface area contributed by atoms with Crippen molar-refractivity contribution in [2.45, 2.75) is 26.4 Å². The van der Waals surface area contributed by atoms with Crippen LogP contribution in [0.25, 0.3) is 5.65 Å². The van der Waals surface area contributed by atoms with Gasteiger partial charge < -0.3 is 10.4 Å². The van der Waals surface area contributed by atoms with Gasteiger partial charge in [-0.1, -0.05) is 13.8 Å². The first kappa shape index (κ1) is 13.5. The number of halogens is 1. The van der Waals surface area contributed by atoms with Crippen LogP contribution >= 0.6 is 15.9 Å². The van der Waals surface area contributed by atoms with Gasteiger partial charge in [0.2, 0.25) is 0 Å². The highest BCUT2D eigenvalue weighted by molar-refractivity contribution is 9.10. The molecule has 6 heteroatoms. The Morgan fingerprint density at radius 3 is 2.83 bits per heavy atom. The molecule has 0 bridgehead atoms. The van der Waals surface area contributed by atoms with Crippen LogP contribution in [0.3, 0.4) is 0 Å². The lowest BCUT2D eigenvalue weighted by atomic mass is 10.1. The van der Waals surface area contributed by atoms with Crippen molar-refractivity contribution in [3.63, 3.8) is 0 Å². The van der Waals surface area contributed by atoms with Crippen LogP contribution in [0.1, 0.15) is 19.5 Å². The lowest BCUT2D eigenvalue weighted by Crippen LogP contribution is -2.36. The summed E-state index contributed by atoms with van der Waals surface area (Å²) in [6, 6.07) is 0.0980. The summed E-state index contributed by atoms with van der Waals surface area (Å²) in [4.78, 5) is 8.42. The van der Waals surface area contributed by atoms with E-state index in [0.717, 1.165) is 15.9 Å². The van der Waals surface area contributed by atoms with Gasteiger partial charge in [0.25, 0.3) is 0 Å². The third-order valence-electron chi connectivity index (χ3n) is 2.99. The van der Waals surface area contributed by atoms with Gasteiger partial charge in [0.05, 0.1) is 24.7 Å². The molecule has 0 aliphatic rings. The monoisotopic (exact) mass is 312 g/mol. The summed E-state index contributed by atoms with van der Waals surface area (Å²) in [5.74, 6) is 0.391. The lowest BCUT2D eigenvalue weighted by Gasteiger charge is -2.19. The van der Waals surface area contributed by atoms with Crippen molar-refractivity contribution >= 4 is 21.6 Å². The van der Waals surface area contributed by atoms with Gasteiger partial charge in [0.1, 0.15) is 4.60 Å². The minimum absolute atomic E-state index is 0.0980. The maximum atomic E-state index is 9.28. The van der Waals surface area contributed by atoms with Gasteiger partial charge in [-0.15, -0.1) is 0 Å². The van der Waals surface area contributed by atoms with Gasteiger partial charge in [-0.25, -0.2) is 9.97 Å². The van der Waals surface area contributed by atoms with E-state index in [1.165, 1.54) is 0 Å². The Labute approximate surface area is 114 Å². The zero-order valence-corrected chi connectivity index (χ0v) is 12.1. The van der Waals surface area contributed by atoms with Crippen LogP contribution in [0.4, 0.5) is 0 Å². The van der Waals surface area contributed by atoms with Crippen LogP contribution in [0.5, 0.6) is 0 Å². The molecule has 2 N–H and O–H groups in total. The molecule has 0 radical (unpaired) electrons. The minimum atomic E-state index is 0.0980. The number of imidazole rings is 1. The van der Waals surface area contributed by atoms with Crippen LogP contribution in [-0.4, -0.2) is 32.1 Å². The van der Waals surface area contributed by atoms with Gasteiger partial charge in [-0.3, -0.25) is 4.40 Å². The molecule has 2 aromatic rings. The lowest BCUT2D eigenvalue weighted by molar-refractivity contribution is 0.209. The molecule has 0 amide bonds. The molecular formula is C12H17BrN4O. The largest absolute Gasteiger partial charge is 0.395 e. The van der Waals surface area contributed by atoms with E-state index < -0.39 is 0 Å². The van der Waals surface area contributed by atoms with Crippen molar-refractivity contribution in [1.29, 1.82) is 0 Å². The zero-order valence-electron chi connectivity index (χ0n) is 10.5. The Balaban J connectivity index is 2.14. The highest BCUT2D eigenvalue weighted by atomic mass is 79.9. The Bertz CT molecular complexity index is 526. The number of hydrogen-bond donors (Lipinski definition) is 2. The molecule has 0 aromatic carbocycles. The van der Waals surface area contributed by atoms with E-state index >= 15 is 0 Å². The molecule has 0 saturated heterocycles. The average molecular weight is 313 g/mol. The predicted octanol–water partition coefficient (Wildman–Crippen LogP) is 1.60. The number of rotatable bonds is 5. The summed E-state index contributed by atoms with van der Waals surface area (Å²) >= 11 is 3.35. The number of nitrogens with zero attached hydrogens (tertiary/aromatic N) is 3. The fraction of sp³-hybridized carbons (Fsp3) is 0.500. The quantitative estimate of drug-likeness (QED) is 0.880. The van der Waals surface area contributed by atoms with E-state index in [2.05, 4.69) is 45.1 Å². The van der Waals surface area contributed by atoms with E-state index in [0.29, 0.717) is 12.5 Å². The molecule has 18 heavy (non-hydrogen) atoms. The highest BCUT2D eigenvalue weighted by Gasteiger charge is 2.12. The van der Waals surface area contributed by atoms with E-state index in [1.54, 1.807) is 6.20 Å². The Hall–Kier alpha value is -0.980. The molecule has 2 aromatic heterocycles. The van der Waals surface area contributed by atoms with Crippen LogP contribution in [0, 0.1) is 5.92 Å². The SMILES string of the molecule is CC(C)[C@@H](CO)NCc1cnc2cnc(Br)cn12. The van der Waals surface area contributed by atoms with E-state index in [9.17, 15) is 5.11 Å². The van der Waals surface area contributed by atoms with Crippen LogP contribution in [0.15, 0.2) is 23.2 Å². The summed E-state index contributed by atoms with van der Waals surface area (Å²) in [5.41, 5.74) is 1.87. The maximum Gasteiger partial charge on any atom is 0.155 e. The first-order valence-corrected chi connectivity index (χ1v) is 6.73. The molecule has 0 saturated carbocycles. The standard InChI is InChI=1S/C12H17BrN4O/c1-8(2)10(7-18)14-3-9-4-16-12-5-15-11(13)6-17(9)12/h4-6,8,10,14,18H,3,7H2,1-2H3/t10-/m1/s1. The zero-order chi connectivity index (χ0) is 13.1. The van der Waals surface area contributed by atoms with E-state index in [4.69, 9.17) is 0 Å². The fourth-order valence-corrected chi connectivity index (χ4v) is 2.10. The second-order valence-corrected chi connectivity index (χ2v) is 5.41. The number of hydrogen-bond acceptors (Lipinski definition) is 4. The molecule has 0 unspecified atom stereocenters. The number of fused-ring (bicyclic) bond motifs is 1. The summed E-state index contributed by atoms with van der Waals surface area (Å²) in [6.45, 7) is 4.98. The number of nitrogens with one attached hydrogen (secondary N) is 1. The van der Waals surface area contributed by atoms with Gasteiger partial charge in [0.15, 0.2) is 5.65 Å². The molecule has 2 heterocycles. The van der Waals surface area contributed by atoms with Crippen LogP contribution in [-0.2, 0) is 6.54 Å². The molecule has 2 rings (SSSR count). The van der Waals surface area contributed by atoms with Crippen molar-refractivity contribution in [3.8, 4) is 0 Å². The number of aliphatic hydroxyl groups is 1. The third kappa shape index (κ3) is 2.88. The van der Waals surface area contributed by atoms with Gasteiger partial charge >= 0.3 is 0 Å².